The van der Waals surface area contributed by atoms with Crippen LogP contribution in [0.4, 0.5) is 13.2 Å². The van der Waals surface area contributed by atoms with Gasteiger partial charge in [0.05, 0.1) is 34.4 Å². The van der Waals surface area contributed by atoms with E-state index < -0.39 is 30.2 Å². The monoisotopic (exact) mass is 852 g/mol. The highest BCUT2D eigenvalue weighted by atomic mass is 35.5. The maximum Gasteiger partial charge on any atom is 0.408 e. The molecule has 1 unspecified atom stereocenters. The molecule has 5 heterocycles. The van der Waals surface area contributed by atoms with Crippen LogP contribution in [-0.2, 0) is 28.1 Å². The number of nitrogens with zero attached hydrogens (tertiary/aromatic N) is 6. The molecule has 7 rings (SSSR count). The molecule has 0 aliphatic carbocycles. The summed E-state index contributed by atoms with van der Waals surface area (Å²) in [6.07, 6.45) is -1.53. The molecule has 1 aliphatic heterocycles. The summed E-state index contributed by atoms with van der Waals surface area (Å²) >= 11 is 8.43. The van der Waals surface area contributed by atoms with E-state index in [4.69, 9.17) is 35.0 Å². The molecule has 0 amide bonds. The van der Waals surface area contributed by atoms with Crippen LogP contribution in [0.15, 0.2) is 77.8 Å². The van der Waals surface area contributed by atoms with Gasteiger partial charge in [0.25, 0.3) is 0 Å². The van der Waals surface area contributed by atoms with Gasteiger partial charge in [-0.3, -0.25) is 9.58 Å². The standard InChI is InChI=1S/C42H44ClF3N6O6S/c1-26-28(12-13-31(35(26)43)56-22-20-51-18-16-50(4)17-19-51)33-34-38(47-25-48-39(34)59-36(33)32-11-8-21-55-32)58-37(40(53)54-5)41(2,3)29-9-6-7-10-30(29)57-23-27-14-15-49-52(27)24-42(44,45)46/h6-15,21,25,37H,16-20,22-24H2,1-5H3. The number of likely N-dealkylation sites (N-methyl/N-ethyl adjacent to an activating group) is 1. The minimum atomic E-state index is -4.47. The largest absolute Gasteiger partial charge is 0.491 e. The number of alkyl halides is 3. The number of para-hydroxylation sites is 1. The Morgan fingerprint density at radius 3 is 2.51 bits per heavy atom. The Morgan fingerprint density at radius 2 is 1.78 bits per heavy atom. The average molecular weight is 853 g/mol. The summed E-state index contributed by atoms with van der Waals surface area (Å²) in [7, 11) is 3.39. The molecule has 17 heteroatoms. The van der Waals surface area contributed by atoms with Gasteiger partial charge in [0, 0.05) is 55.5 Å². The number of fused-ring (bicyclic) bond motifs is 1. The van der Waals surface area contributed by atoms with Crippen molar-refractivity contribution in [3.05, 3.63) is 95.2 Å². The van der Waals surface area contributed by atoms with Gasteiger partial charge in [-0.05, 0) is 55.4 Å². The van der Waals surface area contributed by atoms with Gasteiger partial charge < -0.3 is 28.3 Å². The first-order chi connectivity index (χ1) is 28.2. The number of hydrogen-bond acceptors (Lipinski definition) is 12. The lowest BCUT2D eigenvalue weighted by molar-refractivity contribution is -0.152. The van der Waals surface area contributed by atoms with Crippen molar-refractivity contribution in [3.8, 4) is 39.1 Å². The Balaban J connectivity index is 1.23. The maximum absolute atomic E-state index is 13.8. The summed E-state index contributed by atoms with van der Waals surface area (Å²) in [5, 5.41) is 4.79. The SMILES string of the molecule is COC(=O)C(Oc1ncnc2sc(-c3ccco3)c(-c3ccc(OCCN4CCN(C)CC4)c(Cl)c3C)c12)C(C)(C)c1ccccc1OCc1ccnn1CC(F)(F)F. The van der Waals surface area contributed by atoms with Crippen LogP contribution in [0.25, 0.3) is 32.0 Å². The fraction of sp³-hybridized carbons (Fsp3) is 0.381. The Bertz CT molecular complexity index is 2390. The normalized spacial score (nSPS) is 14.7. The Morgan fingerprint density at radius 1 is 1.00 bits per heavy atom. The van der Waals surface area contributed by atoms with Crippen LogP contribution in [0, 0.1) is 6.92 Å². The average Bonchev–Trinajstić information content (AvgIpc) is 3.99. The van der Waals surface area contributed by atoms with E-state index >= 15 is 0 Å². The number of halogens is 4. The summed E-state index contributed by atoms with van der Waals surface area (Å²) in [5.74, 6) is 0.895. The van der Waals surface area contributed by atoms with Gasteiger partial charge in [0.2, 0.25) is 12.0 Å². The lowest BCUT2D eigenvalue weighted by atomic mass is 9.78. The molecule has 1 atom stereocenters. The third-order valence-corrected chi connectivity index (χ3v) is 12.1. The number of methoxy groups -OCH3 is 1. The van der Waals surface area contributed by atoms with Gasteiger partial charge in [-0.15, -0.1) is 11.3 Å². The van der Waals surface area contributed by atoms with E-state index in [0.29, 0.717) is 50.2 Å². The molecule has 0 radical (unpaired) electrons. The molecule has 0 saturated carbocycles. The number of rotatable bonds is 15. The topological polar surface area (TPSA) is 117 Å². The second-order valence-electron chi connectivity index (χ2n) is 14.8. The predicted molar refractivity (Wildman–Crippen MR) is 218 cm³/mol. The van der Waals surface area contributed by atoms with Gasteiger partial charge in [-0.2, -0.15) is 18.3 Å². The molecule has 2 aromatic carbocycles. The molecule has 1 fully saturated rings. The molecular weight excluding hydrogens is 809 g/mol. The molecule has 59 heavy (non-hydrogen) atoms. The molecule has 312 valence electrons. The number of benzene rings is 2. The van der Waals surface area contributed by atoms with E-state index in [9.17, 15) is 18.0 Å². The molecule has 6 aromatic rings. The first kappa shape index (κ1) is 42.0. The summed E-state index contributed by atoms with van der Waals surface area (Å²) in [4.78, 5) is 29.0. The predicted octanol–water partition coefficient (Wildman–Crippen LogP) is 8.44. The third kappa shape index (κ3) is 9.20. The highest BCUT2D eigenvalue weighted by Gasteiger charge is 2.43. The van der Waals surface area contributed by atoms with Crippen LogP contribution < -0.4 is 14.2 Å². The van der Waals surface area contributed by atoms with Crippen LogP contribution >= 0.6 is 22.9 Å². The van der Waals surface area contributed by atoms with Crippen LogP contribution in [0.2, 0.25) is 5.02 Å². The molecule has 1 saturated heterocycles. The van der Waals surface area contributed by atoms with Crippen molar-refractivity contribution in [2.75, 3.05) is 53.5 Å². The third-order valence-electron chi connectivity index (χ3n) is 10.5. The fourth-order valence-electron chi connectivity index (χ4n) is 7.15. The first-order valence-corrected chi connectivity index (χ1v) is 20.1. The van der Waals surface area contributed by atoms with Crippen molar-refractivity contribution < 1.29 is 41.3 Å². The molecule has 12 nitrogen and oxygen atoms in total. The van der Waals surface area contributed by atoms with Crippen molar-refractivity contribution in [3.63, 3.8) is 0 Å². The number of esters is 1. The second-order valence-corrected chi connectivity index (χ2v) is 16.2. The highest BCUT2D eigenvalue weighted by molar-refractivity contribution is 7.22. The maximum atomic E-state index is 13.8. The van der Waals surface area contributed by atoms with Crippen molar-refractivity contribution in [1.82, 2.24) is 29.5 Å². The lowest BCUT2D eigenvalue weighted by Gasteiger charge is -2.34. The zero-order valence-electron chi connectivity index (χ0n) is 33.2. The van der Waals surface area contributed by atoms with Gasteiger partial charge in [-0.1, -0.05) is 49.7 Å². The van der Waals surface area contributed by atoms with Crippen molar-refractivity contribution in [1.29, 1.82) is 0 Å². The Labute approximate surface area is 348 Å². The number of carbonyl (C=O) groups is 1. The van der Waals surface area contributed by atoms with Gasteiger partial charge >= 0.3 is 12.1 Å². The van der Waals surface area contributed by atoms with E-state index in [2.05, 4.69) is 31.9 Å². The number of ether oxygens (including phenoxy) is 4. The van der Waals surface area contributed by atoms with E-state index in [-0.39, 0.29) is 18.2 Å². The molecule has 0 N–H and O–H groups in total. The van der Waals surface area contributed by atoms with E-state index in [1.807, 2.05) is 25.1 Å². The Hall–Kier alpha value is -5.16. The zero-order valence-corrected chi connectivity index (χ0v) is 34.8. The minimum Gasteiger partial charge on any atom is -0.491 e. The summed E-state index contributed by atoms with van der Waals surface area (Å²) in [5.41, 5.74) is 1.80. The minimum absolute atomic E-state index is 0.111. The number of aromatic nitrogens is 4. The number of hydrogen-bond donors (Lipinski definition) is 0. The lowest BCUT2D eigenvalue weighted by Crippen LogP contribution is -2.45. The summed E-state index contributed by atoms with van der Waals surface area (Å²) in [6.45, 7) is 9.27. The molecule has 1 aliphatic rings. The first-order valence-electron chi connectivity index (χ1n) is 18.9. The van der Waals surface area contributed by atoms with E-state index in [1.54, 1.807) is 50.4 Å². The van der Waals surface area contributed by atoms with Gasteiger partial charge in [0.15, 0.2) is 0 Å². The smallest absolute Gasteiger partial charge is 0.408 e. The summed E-state index contributed by atoms with van der Waals surface area (Å²) in [6, 6.07) is 15.8. The number of piperazine rings is 1. The molecule has 4 aromatic heterocycles. The quantitative estimate of drug-likeness (QED) is 0.0927. The van der Waals surface area contributed by atoms with Crippen LogP contribution in [0.1, 0.15) is 30.7 Å². The number of furan rings is 1. The molecular formula is C42H44ClF3N6O6S. The van der Waals surface area contributed by atoms with Gasteiger partial charge in [-0.25, -0.2) is 14.8 Å². The highest BCUT2D eigenvalue weighted by Crippen LogP contribution is 2.50. The van der Waals surface area contributed by atoms with Crippen molar-refractivity contribution in [2.45, 2.75) is 51.6 Å². The van der Waals surface area contributed by atoms with Crippen molar-refractivity contribution in [2.24, 2.45) is 0 Å². The van der Waals surface area contributed by atoms with Crippen LogP contribution in [0.3, 0.4) is 0 Å². The van der Waals surface area contributed by atoms with E-state index in [1.165, 1.54) is 37.0 Å². The van der Waals surface area contributed by atoms with Gasteiger partial charge in [0.1, 0.15) is 48.2 Å². The number of thiophene rings is 1. The second kappa shape index (κ2) is 17.6. The Kier molecular flexibility index (Phi) is 12.5. The van der Waals surface area contributed by atoms with E-state index in [0.717, 1.165) is 53.4 Å². The molecule has 0 spiro atoms. The number of carbonyl (C=O) groups excluding carboxylic acids is 1. The van der Waals surface area contributed by atoms with Crippen molar-refractivity contribution >= 4 is 39.1 Å². The summed E-state index contributed by atoms with van der Waals surface area (Å²) < 4.78 is 70.7. The van der Waals surface area contributed by atoms with Crippen LogP contribution in [-0.4, -0.2) is 101 Å². The zero-order chi connectivity index (χ0) is 41.9. The molecule has 0 bridgehead atoms. The fourth-order valence-corrected chi connectivity index (χ4v) is 8.49. The van der Waals surface area contributed by atoms with Crippen LogP contribution in [0.5, 0.6) is 17.4 Å².